The van der Waals surface area contributed by atoms with E-state index >= 15 is 0 Å². The highest BCUT2D eigenvalue weighted by Crippen LogP contribution is 2.23. The van der Waals surface area contributed by atoms with E-state index < -0.39 is 6.04 Å². The van der Waals surface area contributed by atoms with Crippen LogP contribution in [0.5, 0.6) is 5.75 Å². The first-order chi connectivity index (χ1) is 14.5. The van der Waals surface area contributed by atoms with Gasteiger partial charge in [-0.2, -0.15) is 0 Å². The first-order valence-corrected chi connectivity index (χ1v) is 9.93. The van der Waals surface area contributed by atoms with E-state index in [1.165, 1.54) is 12.0 Å². The summed E-state index contributed by atoms with van der Waals surface area (Å²) in [6, 6.07) is 6.13. The minimum Gasteiger partial charge on any atom is -0.495 e. The number of amides is 4. The van der Waals surface area contributed by atoms with Crippen molar-refractivity contribution in [3.8, 4) is 5.75 Å². The molecule has 2 aliphatic rings. The van der Waals surface area contributed by atoms with E-state index in [-0.39, 0.29) is 30.7 Å². The predicted molar refractivity (Wildman–Crippen MR) is 109 cm³/mol. The largest absolute Gasteiger partial charge is 0.495 e. The molecule has 2 heterocycles. The lowest BCUT2D eigenvalue weighted by atomic mass is 10.1. The number of ether oxygens (including phenoxy) is 1. The minimum atomic E-state index is -0.864. The fourth-order valence-corrected chi connectivity index (χ4v) is 3.65. The molecule has 2 fully saturated rings. The van der Waals surface area contributed by atoms with Gasteiger partial charge in [-0.25, -0.2) is 0 Å². The molecule has 0 radical (unpaired) electrons. The molecule has 2 N–H and O–H groups in total. The summed E-state index contributed by atoms with van der Waals surface area (Å²) in [7, 11) is 1.51. The molecule has 4 amide bonds. The van der Waals surface area contributed by atoms with Crippen LogP contribution in [-0.2, 0) is 19.2 Å². The Hall–Kier alpha value is -3.14. The average Bonchev–Trinajstić information content (AvgIpc) is 2.76. The second kappa shape index (κ2) is 10.1. The summed E-state index contributed by atoms with van der Waals surface area (Å²) in [6.07, 6.45) is 0.666. The zero-order valence-electron chi connectivity index (χ0n) is 17.0. The van der Waals surface area contributed by atoms with Crippen molar-refractivity contribution in [2.45, 2.75) is 12.5 Å². The summed E-state index contributed by atoms with van der Waals surface area (Å²) < 4.78 is 5.23. The number of para-hydroxylation sites is 2. The highest BCUT2D eigenvalue weighted by atomic mass is 16.5. The summed E-state index contributed by atoms with van der Waals surface area (Å²) in [5.41, 5.74) is 0.507. The van der Waals surface area contributed by atoms with Gasteiger partial charge in [0.05, 0.1) is 25.8 Å². The molecule has 0 aliphatic carbocycles. The summed E-state index contributed by atoms with van der Waals surface area (Å²) >= 11 is 0. The number of piperazine rings is 2. The summed E-state index contributed by atoms with van der Waals surface area (Å²) in [6.45, 7) is 3.21. The third-order valence-corrected chi connectivity index (χ3v) is 5.33. The number of hydrogen-bond donors (Lipinski definition) is 2. The van der Waals surface area contributed by atoms with Gasteiger partial charge in [0, 0.05) is 39.3 Å². The molecule has 1 unspecified atom stereocenters. The molecule has 10 nitrogen and oxygen atoms in total. The smallest absolute Gasteiger partial charge is 0.243 e. The highest BCUT2D eigenvalue weighted by molar-refractivity contribution is 5.98. The van der Waals surface area contributed by atoms with Crippen molar-refractivity contribution in [1.82, 2.24) is 20.0 Å². The van der Waals surface area contributed by atoms with Crippen LogP contribution in [0, 0.1) is 0 Å². The van der Waals surface area contributed by atoms with E-state index in [0.29, 0.717) is 50.7 Å². The second-order valence-corrected chi connectivity index (χ2v) is 7.26. The molecular weight excluding hydrogens is 390 g/mol. The molecular formula is C20H27N5O5. The number of nitrogens with zero attached hydrogens (tertiary/aromatic N) is 3. The van der Waals surface area contributed by atoms with Crippen LogP contribution in [-0.4, -0.2) is 97.8 Å². The number of carbonyl (C=O) groups is 4. The quantitative estimate of drug-likeness (QED) is 0.558. The van der Waals surface area contributed by atoms with Gasteiger partial charge in [0.25, 0.3) is 0 Å². The van der Waals surface area contributed by atoms with E-state index in [4.69, 9.17) is 4.74 Å². The lowest BCUT2D eigenvalue weighted by Crippen LogP contribution is -2.60. The number of carbonyl (C=O) groups excluding carboxylic acids is 4. The van der Waals surface area contributed by atoms with Gasteiger partial charge < -0.3 is 25.2 Å². The zero-order valence-corrected chi connectivity index (χ0v) is 17.0. The Morgan fingerprint density at radius 2 is 1.93 bits per heavy atom. The Morgan fingerprint density at radius 1 is 1.20 bits per heavy atom. The predicted octanol–water partition coefficient (Wildman–Crippen LogP) is -0.875. The molecule has 10 heteroatoms. The highest BCUT2D eigenvalue weighted by Gasteiger charge is 2.35. The SMILES string of the molecule is COc1ccccc1NC(=O)CC1C(=O)NCCN1C(=O)CN1CCN(C=O)CC1. The van der Waals surface area contributed by atoms with Crippen molar-refractivity contribution in [3.05, 3.63) is 24.3 Å². The molecule has 1 atom stereocenters. The minimum absolute atomic E-state index is 0.144. The van der Waals surface area contributed by atoms with E-state index in [2.05, 4.69) is 10.6 Å². The van der Waals surface area contributed by atoms with Crippen molar-refractivity contribution >= 4 is 29.8 Å². The Bertz CT molecular complexity index is 794. The van der Waals surface area contributed by atoms with Crippen LogP contribution in [0.15, 0.2) is 24.3 Å². The molecule has 0 bridgehead atoms. The Morgan fingerprint density at radius 3 is 2.63 bits per heavy atom. The van der Waals surface area contributed by atoms with Crippen molar-refractivity contribution in [3.63, 3.8) is 0 Å². The lowest BCUT2D eigenvalue weighted by molar-refractivity contribution is -0.145. The number of rotatable bonds is 7. The van der Waals surface area contributed by atoms with Crippen LogP contribution in [0.2, 0.25) is 0 Å². The van der Waals surface area contributed by atoms with E-state index in [1.807, 2.05) is 4.90 Å². The average molecular weight is 417 g/mol. The standard InChI is InChI=1S/C20H27N5O5/c1-30-17-5-3-2-4-15(17)22-18(27)12-16-20(29)21-6-7-25(16)19(28)13-23-8-10-24(14-26)11-9-23/h2-5,14,16H,6-13H2,1H3,(H,21,29)(H,22,27). The zero-order chi connectivity index (χ0) is 21.5. The number of methoxy groups -OCH3 is 1. The van der Waals surface area contributed by atoms with Gasteiger partial charge in [0.15, 0.2) is 0 Å². The molecule has 2 aliphatic heterocycles. The van der Waals surface area contributed by atoms with Gasteiger partial charge in [0.2, 0.25) is 24.1 Å². The van der Waals surface area contributed by atoms with Gasteiger partial charge >= 0.3 is 0 Å². The van der Waals surface area contributed by atoms with Crippen LogP contribution in [0.3, 0.4) is 0 Å². The van der Waals surface area contributed by atoms with Crippen molar-refractivity contribution in [1.29, 1.82) is 0 Å². The van der Waals surface area contributed by atoms with Gasteiger partial charge in [-0.05, 0) is 12.1 Å². The Balaban J connectivity index is 1.61. The fraction of sp³-hybridized carbons (Fsp3) is 0.500. The number of nitrogens with one attached hydrogen (secondary N) is 2. The first-order valence-electron chi connectivity index (χ1n) is 9.93. The van der Waals surface area contributed by atoms with Gasteiger partial charge in [0.1, 0.15) is 11.8 Å². The molecule has 30 heavy (non-hydrogen) atoms. The van der Waals surface area contributed by atoms with Crippen LogP contribution in [0.25, 0.3) is 0 Å². The lowest BCUT2D eigenvalue weighted by Gasteiger charge is -2.37. The molecule has 0 saturated carbocycles. The third kappa shape index (κ3) is 5.26. The van der Waals surface area contributed by atoms with Crippen LogP contribution in [0.4, 0.5) is 5.69 Å². The van der Waals surface area contributed by atoms with Gasteiger partial charge in [-0.1, -0.05) is 12.1 Å². The summed E-state index contributed by atoms with van der Waals surface area (Å²) in [5.74, 6) is -0.393. The number of hydrogen-bond acceptors (Lipinski definition) is 6. The Kier molecular flexibility index (Phi) is 7.23. The van der Waals surface area contributed by atoms with E-state index in [0.717, 1.165) is 6.41 Å². The monoisotopic (exact) mass is 417 g/mol. The maximum atomic E-state index is 12.9. The number of anilines is 1. The molecule has 3 rings (SSSR count). The van der Waals surface area contributed by atoms with E-state index in [9.17, 15) is 19.2 Å². The molecule has 0 aromatic heterocycles. The maximum Gasteiger partial charge on any atom is 0.243 e. The van der Waals surface area contributed by atoms with Crippen molar-refractivity contribution in [2.75, 3.05) is 58.2 Å². The number of benzene rings is 1. The van der Waals surface area contributed by atoms with Crippen LogP contribution < -0.4 is 15.4 Å². The molecule has 0 spiro atoms. The third-order valence-electron chi connectivity index (χ3n) is 5.33. The second-order valence-electron chi connectivity index (χ2n) is 7.26. The molecule has 1 aromatic carbocycles. The fourth-order valence-electron chi connectivity index (χ4n) is 3.65. The topological polar surface area (TPSA) is 111 Å². The van der Waals surface area contributed by atoms with Crippen molar-refractivity contribution in [2.24, 2.45) is 0 Å². The van der Waals surface area contributed by atoms with Crippen LogP contribution >= 0.6 is 0 Å². The molecule has 162 valence electrons. The summed E-state index contributed by atoms with van der Waals surface area (Å²) in [4.78, 5) is 53.8. The normalized spacial score (nSPS) is 19.8. The maximum absolute atomic E-state index is 12.9. The first kappa shape index (κ1) is 21.6. The van der Waals surface area contributed by atoms with Gasteiger partial charge in [-0.15, -0.1) is 0 Å². The molecule has 1 aromatic rings. The van der Waals surface area contributed by atoms with Crippen LogP contribution in [0.1, 0.15) is 6.42 Å². The van der Waals surface area contributed by atoms with E-state index in [1.54, 1.807) is 29.2 Å². The summed E-state index contributed by atoms with van der Waals surface area (Å²) in [5, 5.41) is 5.48. The Labute approximate surface area is 175 Å². The molecule has 2 saturated heterocycles. The van der Waals surface area contributed by atoms with Crippen molar-refractivity contribution < 1.29 is 23.9 Å². The van der Waals surface area contributed by atoms with Gasteiger partial charge in [-0.3, -0.25) is 24.1 Å².